The summed E-state index contributed by atoms with van der Waals surface area (Å²) in [5.41, 5.74) is 1.95. The predicted molar refractivity (Wildman–Crippen MR) is 140 cm³/mol. The van der Waals surface area contributed by atoms with E-state index >= 15 is 0 Å². The third-order valence-electron chi connectivity index (χ3n) is 8.55. The third kappa shape index (κ3) is 4.45. The molecule has 0 saturated carbocycles. The molecule has 1 spiro atoms. The Balaban J connectivity index is 1.34. The number of para-hydroxylation sites is 1. The Morgan fingerprint density at radius 2 is 1.87 bits per heavy atom. The molecule has 2 aromatic rings. The van der Waals surface area contributed by atoms with Crippen LogP contribution in [-0.4, -0.2) is 79.7 Å². The zero-order valence-corrected chi connectivity index (χ0v) is 22.3. The molecule has 2 atom stereocenters. The second-order valence-electron chi connectivity index (χ2n) is 11.3. The van der Waals surface area contributed by atoms with Crippen molar-refractivity contribution in [2.24, 2.45) is 5.92 Å². The number of ether oxygens (including phenoxy) is 1. The van der Waals surface area contributed by atoms with Gasteiger partial charge in [-0.25, -0.2) is 4.98 Å². The molecule has 6 rings (SSSR count). The largest absolute Gasteiger partial charge is 0.416 e. The number of fused-ring (bicyclic) bond motifs is 2. The van der Waals surface area contributed by atoms with Gasteiger partial charge >= 0.3 is 6.18 Å². The van der Waals surface area contributed by atoms with Crippen LogP contribution >= 0.6 is 0 Å². The summed E-state index contributed by atoms with van der Waals surface area (Å²) in [6.07, 6.45) is -3.45. The van der Waals surface area contributed by atoms with Crippen molar-refractivity contribution in [1.82, 2.24) is 9.88 Å². The van der Waals surface area contributed by atoms with Crippen molar-refractivity contribution in [2.45, 2.75) is 44.5 Å². The number of rotatable bonds is 4. The number of aryl methyl sites for hydroxylation is 2. The van der Waals surface area contributed by atoms with Crippen LogP contribution in [0.25, 0.3) is 0 Å². The number of carbonyl (C=O) groups is 2. The first kappa shape index (κ1) is 26.1. The molecule has 3 fully saturated rings. The highest BCUT2D eigenvalue weighted by atomic mass is 19.4. The van der Waals surface area contributed by atoms with Crippen LogP contribution in [0.5, 0.6) is 0 Å². The molecule has 4 aliphatic heterocycles. The zero-order chi connectivity index (χ0) is 27.7. The third-order valence-corrected chi connectivity index (χ3v) is 8.55. The molecule has 0 radical (unpaired) electrons. The average molecular weight is 544 g/mol. The van der Waals surface area contributed by atoms with Crippen LogP contribution in [0.4, 0.5) is 30.4 Å². The molecule has 1 aromatic carbocycles. The van der Waals surface area contributed by atoms with Gasteiger partial charge in [0.25, 0.3) is 0 Å². The molecule has 0 aliphatic carbocycles. The molecule has 8 nitrogen and oxygen atoms in total. The van der Waals surface area contributed by atoms with Crippen molar-refractivity contribution in [3.8, 4) is 0 Å². The van der Waals surface area contributed by atoms with Crippen LogP contribution in [0.2, 0.25) is 0 Å². The Bertz CT molecular complexity index is 1320. The number of likely N-dealkylation sites (tertiary alicyclic amines) is 1. The smallest absolute Gasteiger partial charge is 0.372 e. The van der Waals surface area contributed by atoms with Crippen molar-refractivity contribution in [3.63, 3.8) is 0 Å². The van der Waals surface area contributed by atoms with E-state index in [1.54, 1.807) is 11.9 Å². The van der Waals surface area contributed by atoms with Gasteiger partial charge in [-0.05, 0) is 37.6 Å². The molecule has 11 heteroatoms. The maximum Gasteiger partial charge on any atom is 0.416 e. The first-order valence-corrected chi connectivity index (χ1v) is 13.3. The Hall–Kier alpha value is -3.18. The van der Waals surface area contributed by atoms with Crippen molar-refractivity contribution in [3.05, 3.63) is 47.2 Å². The first-order chi connectivity index (χ1) is 18.5. The van der Waals surface area contributed by atoms with E-state index in [-0.39, 0.29) is 29.4 Å². The number of halogens is 3. The van der Waals surface area contributed by atoms with E-state index in [0.29, 0.717) is 18.8 Å². The van der Waals surface area contributed by atoms with Gasteiger partial charge in [-0.15, -0.1) is 0 Å². The molecule has 0 bridgehead atoms. The molecule has 39 heavy (non-hydrogen) atoms. The van der Waals surface area contributed by atoms with Crippen LogP contribution in [0.1, 0.15) is 29.7 Å². The number of benzene rings is 1. The molecule has 5 heterocycles. The lowest BCUT2D eigenvalue weighted by molar-refractivity contribution is -0.220. The molecule has 0 N–H and O–H groups in total. The van der Waals surface area contributed by atoms with E-state index in [1.807, 2.05) is 25.1 Å². The van der Waals surface area contributed by atoms with Gasteiger partial charge in [-0.1, -0.05) is 12.1 Å². The summed E-state index contributed by atoms with van der Waals surface area (Å²) in [6.45, 7) is 8.01. The standard InChI is InChI=1S/C28H32F3N5O3/c1-17-5-4-6-21-24(17)35(9-8-34-15-27(16-34)7-10-39-27)14-19-12-23(37)36(25(19)26(38)33(21)3)22-13-20(28(29,30)31)11-18(2)32-22/h4-6,11,13,19,25H,7-10,12,14-16H2,1-3H3/t19-,25+/m1/s1. The summed E-state index contributed by atoms with van der Waals surface area (Å²) in [5, 5.41) is 0. The second kappa shape index (κ2) is 9.19. The van der Waals surface area contributed by atoms with Crippen molar-refractivity contribution in [1.29, 1.82) is 0 Å². The van der Waals surface area contributed by atoms with Crippen molar-refractivity contribution < 1.29 is 27.5 Å². The molecule has 4 aliphatic rings. The number of carbonyl (C=O) groups excluding carboxylic acids is 2. The summed E-state index contributed by atoms with van der Waals surface area (Å²) in [5.74, 6) is -1.27. The minimum absolute atomic E-state index is 0.0241. The highest BCUT2D eigenvalue weighted by Gasteiger charge is 2.51. The van der Waals surface area contributed by atoms with Gasteiger partial charge in [0.2, 0.25) is 11.8 Å². The zero-order valence-electron chi connectivity index (χ0n) is 22.3. The molecular weight excluding hydrogens is 511 g/mol. The topological polar surface area (TPSA) is 69.2 Å². The lowest BCUT2D eigenvalue weighted by Gasteiger charge is -2.55. The Morgan fingerprint density at radius 1 is 1.13 bits per heavy atom. The fourth-order valence-corrected chi connectivity index (χ4v) is 6.53. The lowest BCUT2D eigenvalue weighted by Crippen LogP contribution is -2.68. The van der Waals surface area contributed by atoms with Gasteiger partial charge in [0, 0.05) is 64.2 Å². The lowest BCUT2D eigenvalue weighted by atomic mass is 9.86. The van der Waals surface area contributed by atoms with E-state index in [9.17, 15) is 22.8 Å². The fraction of sp³-hybridized carbons (Fsp3) is 0.536. The summed E-state index contributed by atoms with van der Waals surface area (Å²) >= 11 is 0. The number of hydrogen-bond acceptors (Lipinski definition) is 6. The number of hydrogen-bond donors (Lipinski definition) is 0. The first-order valence-electron chi connectivity index (χ1n) is 13.3. The Morgan fingerprint density at radius 3 is 2.54 bits per heavy atom. The van der Waals surface area contributed by atoms with Crippen LogP contribution in [0.15, 0.2) is 30.3 Å². The Kier molecular flexibility index (Phi) is 6.14. The number of aromatic nitrogens is 1. The quantitative estimate of drug-likeness (QED) is 0.589. The number of amides is 2. The summed E-state index contributed by atoms with van der Waals surface area (Å²) in [7, 11) is 1.67. The normalized spacial score (nSPS) is 24.7. The average Bonchev–Trinajstić information content (AvgIpc) is 3.14. The number of likely N-dealkylation sites (N-methyl/N-ethyl adjacent to an activating group) is 1. The van der Waals surface area contributed by atoms with Crippen LogP contribution in [0, 0.1) is 19.8 Å². The van der Waals surface area contributed by atoms with Crippen LogP contribution < -0.4 is 14.7 Å². The van der Waals surface area contributed by atoms with E-state index in [2.05, 4.69) is 14.8 Å². The van der Waals surface area contributed by atoms with Crippen LogP contribution in [-0.2, 0) is 20.5 Å². The van der Waals surface area contributed by atoms with Gasteiger partial charge in [-0.2, -0.15) is 13.2 Å². The Labute approximate surface area is 225 Å². The number of anilines is 3. The number of nitrogens with zero attached hydrogens (tertiary/aromatic N) is 5. The summed E-state index contributed by atoms with van der Waals surface area (Å²) in [4.78, 5) is 38.9. The molecular formula is C28H32F3N5O3. The molecule has 2 amide bonds. The maximum absolute atomic E-state index is 13.9. The highest BCUT2D eigenvalue weighted by molar-refractivity contribution is 6.10. The van der Waals surface area contributed by atoms with Gasteiger partial charge in [-0.3, -0.25) is 19.4 Å². The minimum atomic E-state index is -4.60. The SMILES string of the molecule is Cc1cc(C(F)(F)F)cc(N2C(=O)C[C@@H]3CN(CCN4CC5(CCO5)C4)c4c(C)cccc4N(C)C(=O)[C@H]32)n1. The predicted octanol–water partition coefficient (Wildman–Crippen LogP) is 3.40. The summed E-state index contributed by atoms with van der Waals surface area (Å²) < 4.78 is 46.6. The summed E-state index contributed by atoms with van der Waals surface area (Å²) in [6, 6.07) is 6.63. The van der Waals surface area contributed by atoms with Crippen LogP contribution in [0.3, 0.4) is 0 Å². The van der Waals surface area contributed by atoms with Gasteiger partial charge in [0.15, 0.2) is 0 Å². The number of alkyl halides is 3. The highest BCUT2D eigenvalue weighted by Crippen LogP contribution is 2.42. The minimum Gasteiger partial charge on any atom is -0.372 e. The maximum atomic E-state index is 13.9. The van der Waals surface area contributed by atoms with E-state index in [4.69, 9.17) is 4.74 Å². The van der Waals surface area contributed by atoms with Gasteiger partial charge < -0.3 is 14.5 Å². The monoisotopic (exact) mass is 543 g/mol. The molecule has 0 unspecified atom stereocenters. The second-order valence-corrected chi connectivity index (χ2v) is 11.3. The van der Waals surface area contributed by atoms with E-state index in [1.165, 1.54) is 11.8 Å². The van der Waals surface area contributed by atoms with Gasteiger partial charge in [0.05, 0.1) is 29.1 Å². The number of pyridine rings is 1. The van der Waals surface area contributed by atoms with E-state index < -0.39 is 29.6 Å². The fourth-order valence-electron chi connectivity index (χ4n) is 6.53. The van der Waals surface area contributed by atoms with Gasteiger partial charge in [0.1, 0.15) is 11.9 Å². The molecule has 3 saturated heterocycles. The molecule has 208 valence electrons. The molecule has 1 aromatic heterocycles. The van der Waals surface area contributed by atoms with Crippen molar-refractivity contribution >= 4 is 29.0 Å². The van der Waals surface area contributed by atoms with Crippen molar-refractivity contribution in [2.75, 3.05) is 61.1 Å². The van der Waals surface area contributed by atoms with E-state index in [0.717, 1.165) is 56.0 Å².